The lowest BCUT2D eigenvalue weighted by atomic mass is 10.0. The lowest BCUT2D eigenvalue weighted by Crippen LogP contribution is -2.45. The summed E-state index contributed by atoms with van der Waals surface area (Å²) in [6, 6.07) is 3.83. The fourth-order valence-electron chi connectivity index (χ4n) is 3.16. The second-order valence-corrected chi connectivity index (χ2v) is 7.81. The fraction of sp³-hybridized carbons (Fsp3) is 0.400. The zero-order valence-corrected chi connectivity index (χ0v) is 17.1. The fourth-order valence-corrected chi connectivity index (χ4v) is 3.16. The third-order valence-corrected chi connectivity index (χ3v) is 4.53. The molecule has 0 radical (unpaired) electrons. The van der Waals surface area contributed by atoms with Gasteiger partial charge in [-0.25, -0.2) is 19.2 Å². The van der Waals surface area contributed by atoms with Gasteiger partial charge in [0, 0.05) is 23.3 Å². The number of nitrogens with zero attached hydrogens (tertiary/aromatic N) is 5. The van der Waals surface area contributed by atoms with E-state index in [0.717, 1.165) is 0 Å². The van der Waals surface area contributed by atoms with Gasteiger partial charge in [-0.15, -0.1) is 0 Å². The highest BCUT2D eigenvalue weighted by Crippen LogP contribution is 2.30. The Kier molecular flexibility index (Phi) is 5.41. The van der Waals surface area contributed by atoms with Gasteiger partial charge in [0.15, 0.2) is 0 Å². The van der Waals surface area contributed by atoms with Crippen LogP contribution in [0.25, 0.3) is 11.2 Å². The predicted molar refractivity (Wildman–Crippen MR) is 110 cm³/mol. The summed E-state index contributed by atoms with van der Waals surface area (Å²) in [5, 5.41) is 17.1. The molecule has 2 N–H and O–H groups in total. The summed E-state index contributed by atoms with van der Waals surface area (Å²) in [4.78, 5) is 21.7. The number of anilines is 2. The number of hydrogen-bond acceptors (Lipinski definition) is 5. The van der Waals surface area contributed by atoms with E-state index in [2.05, 4.69) is 20.4 Å². The highest BCUT2D eigenvalue weighted by molar-refractivity contribution is 5.87. The monoisotopic (exact) mass is 400 g/mol. The van der Waals surface area contributed by atoms with Crippen LogP contribution in [0.2, 0.25) is 0 Å². The van der Waals surface area contributed by atoms with Crippen LogP contribution in [0.3, 0.4) is 0 Å². The van der Waals surface area contributed by atoms with Gasteiger partial charge in [0.25, 0.3) is 0 Å². The molecule has 3 rings (SSSR count). The molecule has 0 unspecified atom stereocenters. The van der Waals surface area contributed by atoms with Crippen molar-refractivity contribution < 1.29 is 14.3 Å². The molecule has 0 bridgehead atoms. The number of benzene rings is 1. The lowest BCUT2D eigenvalue weighted by Gasteiger charge is -2.33. The average molecular weight is 400 g/mol. The number of halogens is 1. The maximum atomic E-state index is 14.5. The van der Waals surface area contributed by atoms with E-state index in [-0.39, 0.29) is 0 Å². The standard InChI is InChI=1S/C20H25FN6O2/c1-6-26-11-16-18(25-26)24-17(10-22-16)23-12(2)14-9-13(7-8-15(14)21)27(19(28)29)20(3,4)5/h7-12H,6H2,1-5H3,(H,28,29)(H,23,24,25)/t12-/m0/s1. The van der Waals surface area contributed by atoms with E-state index >= 15 is 0 Å². The summed E-state index contributed by atoms with van der Waals surface area (Å²) in [5.74, 6) is 0.0272. The van der Waals surface area contributed by atoms with Crippen molar-refractivity contribution in [3.05, 3.63) is 42.0 Å². The van der Waals surface area contributed by atoms with Crippen LogP contribution in [0.4, 0.5) is 20.7 Å². The summed E-state index contributed by atoms with van der Waals surface area (Å²) < 4.78 is 16.3. The summed E-state index contributed by atoms with van der Waals surface area (Å²) >= 11 is 0. The van der Waals surface area contributed by atoms with E-state index in [1.165, 1.54) is 17.0 Å². The molecular formula is C20H25FN6O2. The summed E-state index contributed by atoms with van der Waals surface area (Å²) in [6.07, 6.45) is 2.28. The van der Waals surface area contributed by atoms with Gasteiger partial charge < -0.3 is 10.4 Å². The van der Waals surface area contributed by atoms with Gasteiger partial charge in [-0.1, -0.05) is 0 Å². The van der Waals surface area contributed by atoms with Crippen LogP contribution < -0.4 is 10.2 Å². The zero-order valence-electron chi connectivity index (χ0n) is 17.1. The smallest absolute Gasteiger partial charge is 0.412 e. The van der Waals surface area contributed by atoms with E-state index in [1.54, 1.807) is 44.6 Å². The van der Waals surface area contributed by atoms with E-state index in [9.17, 15) is 14.3 Å². The third-order valence-electron chi connectivity index (χ3n) is 4.53. The number of amides is 1. The molecule has 2 heterocycles. The number of aromatic nitrogens is 4. The van der Waals surface area contributed by atoms with Gasteiger partial charge in [-0.3, -0.25) is 9.58 Å². The Labute approximate surface area is 168 Å². The van der Waals surface area contributed by atoms with Crippen molar-refractivity contribution in [2.24, 2.45) is 0 Å². The molecule has 0 spiro atoms. The molecule has 0 saturated heterocycles. The Morgan fingerprint density at radius 3 is 2.72 bits per heavy atom. The molecular weight excluding hydrogens is 375 g/mol. The molecule has 154 valence electrons. The Morgan fingerprint density at radius 1 is 1.38 bits per heavy atom. The molecule has 29 heavy (non-hydrogen) atoms. The van der Waals surface area contributed by atoms with Gasteiger partial charge in [0.2, 0.25) is 5.65 Å². The van der Waals surface area contributed by atoms with Crippen LogP contribution in [-0.2, 0) is 6.54 Å². The van der Waals surface area contributed by atoms with Crippen molar-refractivity contribution >= 4 is 28.8 Å². The Morgan fingerprint density at radius 2 is 2.10 bits per heavy atom. The third kappa shape index (κ3) is 4.28. The van der Waals surface area contributed by atoms with Crippen LogP contribution in [-0.4, -0.2) is 36.5 Å². The SMILES string of the molecule is CCn1cc2ncc(N[C@@H](C)c3cc(N(C(=O)O)C(C)(C)C)ccc3F)nc2n1. The summed E-state index contributed by atoms with van der Waals surface area (Å²) in [5.41, 5.74) is 1.24. The molecule has 9 heteroatoms. The number of hydrogen-bond donors (Lipinski definition) is 2. The molecule has 0 fully saturated rings. The van der Waals surface area contributed by atoms with Crippen molar-refractivity contribution in [3.8, 4) is 0 Å². The molecule has 1 atom stereocenters. The second-order valence-electron chi connectivity index (χ2n) is 7.81. The molecule has 1 aromatic carbocycles. The molecule has 0 aliphatic heterocycles. The molecule has 2 aromatic heterocycles. The number of rotatable bonds is 5. The number of fused-ring (bicyclic) bond motifs is 1. The first-order valence-corrected chi connectivity index (χ1v) is 9.39. The van der Waals surface area contributed by atoms with Gasteiger partial charge >= 0.3 is 6.09 Å². The molecule has 1 amide bonds. The summed E-state index contributed by atoms with van der Waals surface area (Å²) in [6.45, 7) is 9.81. The number of carbonyl (C=O) groups is 1. The first kappa shape index (κ1) is 20.5. The number of nitrogens with one attached hydrogen (secondary N) is 1. The quantitative estimate of drug-likeness (QED) is 0.657. The first-order valence-electron chi connectivity index (χ1n) is 9.39. The minimum Gasteiger partial charge on any atom is -0.465 e. The number of aryl methyl sites for hydroxylation is 1. The van der Waals surface area contributed by atoms with Crippen molar-refractivity contribution in [3.63, 3.8) is 0 Å². The van der Waals surface area contributed by atoms with E-state index < -0.39 is 23.5 Å². The molecule has 8 nitrogen and oxygen atoms in total. The molecule has 0 aliphatic rings. The maximum Gasteiger partial charge on any atom is 0.412 e. The van der Waals surface area contributed by atoms with E-state index in [1.807, 2.05) is 13.1 Å². The maximum absolute atomic E-state index is 14.5. The van der Waals surface area contributed by atoms with Crippen LogP contribution >= 0.6 is 0 Å². The van der Waals surface area contributed by atoms with Gasteiger partial charge in [-0.05, 0) is 52.8 Å². The Hall–Kier alpha value is -3.23. The minimum absolute atomic E-state index is 0.332. The minimum atomic E-state index is -1.10. The zero-order chi connectivity index (χ0) is 21.3. The van der Waals surface area contributed by atoms with E-state index in [4.69, 9.17) is 0 Å². The lowest BCUT2D eigenvalue weighted by molar-refractivity contribution is 0.195. The van der Waals surface area contributed by atoms with Crippen LogP contribution in [0.15, 0.2) is 30.6 Å². The van der Waals surface area contributed by atoms with Gasteiger partial charge in [0.1, 0.15) is 17.2 Å². The molecule has 0 saturated carbocycles. The second kappa shape index (κ2) is 7.65. The van der Waals surface area contributed by atoms with Crippen LogP contribution in [0, 0.1) is 5.82 Å². The van der Waals surface area contributed by atoms with Crippen molar-refractivity contribution in [1.29, 1.82) is 0 Å². The summed E-state index contributed by atoms with van der Waals surface area (Å²) in [7, 11) is 0. The van der Waals surface area contributed by atoms with Gasteiger partial charge in [0.05, 0.1) is 18.4 Å². The highest BCUT2D eigenvalue weighted by atomic mass is 19.1. The van der Waals surface area contributed by atoms with Crippen molar-refractivity contribution in [1.82, 2.24) is 19.7 Å². The Bertz CT molecular complexity index is 1040. The van der Waals surface area contributed by atoms with E-state index in [0.29, 0.717) is 34.8 Å². The average Bonchev–Trinajstić information content (AvgIpc) is 3.04. The largest absolute Gasteiger partial charge is 0.465 e. The highest BCUT2D eigenvalue weighted by Gasteiger charge is 2.28. The topological polar surface area (TPSA) is 96.2 Å². The normalized spacial score (nSPS) is 12.8. The van der Waals surface area contributed by atoms with Crippen molar-refractivity contribution in [2.75, 3.05) is 10.2 Å². The first-order chi connectivity index (χ1) is 13.6. The molecule has 0 aliphatic carbocycles. The Balaban J connectivity index is 1.90. The predicted octanol–water partition coefficient (Wildman–Crippen LogP) is 4.44. The van der Waals surface area contributed by atoms with Crippen LogP contribution in [0.5, 0.6) is 0 Å². The van der Waals surface area contributed by atoms with Crippen molar-refractivity contribution in [2.45, 2.75) is 52.7 Å². The van der Waals surface area contributed by atoms with Gasteiger partial charge in [-0.2, -0.15) is 5.10 Å². The number of carboxylic acid groups (broad SMARTS) is 1. The van der Waals surface area contributed by atoms with Crippen LogP contribution in [0.1, 0.15) is 46.2 Å². The molecule has 3 aromatic rings.